The molecule has 0 aromatic heterocycles. The van der Waals surface area contributed by atoms with Gasteiger partial charge in [-0.25, -0.2) is 0 Å². The highest BCUT2D eigenvalue weighted by Gasteiger charge is 2.30. The number of carbonyl (C=O) groups is 1. The Balaban J connectivity index is 2.10. The average molecular weight is 383 g/mol. The fourth-order valence-electron chi connectivity index (χ4n) is 1.40. The summed E-state index contributed by atoms with van der Waals surface area (Å²) in [6.07, 6.45) is -4.38. The van der Waals surface area contributed by atoms with Gasteiger partial charge in [-0.15, -0.1) is 0 Å². The van der Waals surface area contributed by atoms with Gasteiger partial charge in [0.2, 0.25) is 0 Å². The van der Waals surface area contributed by atoms with Crippen molar-refractivity contribution in [3.8, 4) is 0 Å². The van der Waals surface area contributed by atoms with E-state index in [-0.39, 0.29) is 5.91 Å². The van der Waals surface area contributed by atoms with Gasteiger partial charge in [0.1, 0.15) is 26.9 Å². The van der Waals surface area contributed by atoms with Gasteiger partial charge in [-0.1, -0.05) is 0 Å². The molecular weight excluding hydrogens is 374 g/mol. The summed E-state index contributed by atoms with van der Waals surface area (Å²) in [5, 5.41) is 2.54. The van der Waals surface area contributed by atoms with Crippen LogP contribution < -0.4 is 5.32 Å². The molecule has 102 valence electrons. The van der Waals surface area contributed by atoms with Crippen molar-refractivity contribution in [1.82, 2.24) is 0 Å². The molecule has 0 atom stereocenters. The molecule has 0 radical (unpaired) electrons. The molecule has 0 saturated heterocycles. The minimum atomic E-state index is -4.38. The van der Waals surface area contributed by atoms with Gasteiger partial charge in [-0.05, 0) is 31.2 Å². The molecule has 1 N–H and O–H groups in total. The summed E-state index contributed by atoms with van der Waals surface area (Å²) >= 11 is -0.578. The quantitative estimate of drug-likeness (QED) is 0.793. The van der Waals surface area contributed by atoms with Gasteiger partial charge in [0.25, 0.3) is 5.91 Å². The second kappa shape index (κ2) is 5.32. The van der Waals surface area contributed by atoms with E-state index < -0.39 is 32.9 Å². The Kier molecular flexibility index (Phi) is 3.93. The summed E-state index contributed by atoms with van der Waals surface area (Å²) in [6, 6.07) is 4.31. The molecule has 0 unspecified atom stereocenters. The lowest BCUT2D eigenvalue weighted by molar-refractivity contribution is -0.137. The van der Waals surface area contributed by atoms with E-state index in [9.17, 15) is 18.0 Å². The van der Waals surface area contributed by atoms with Crippen LogP contribution in [0.2, 0.25) is 0 Å². The van der Waals surface area contributed by atoms with Crippen LogP contribution in [0.25, 0.3) is 0 Å². The predicted octanol–water partition coefficient (Wildman–Crippen LogP) is 3.64. The van der Waals surface area contributed by atoms with E-state index in [0.717, 1.165) is 12.1 Å². The van der Waals surface area contributed by atoms with Crippen LogP contribution in [-0.2, 0) is 14.0 Å². The van der Waals surface area contributed by atoms with Gasteiger partial charge in [-0.3, -0.25) is 4.79 Å². The minimum Gasteiger partial charge on any atom is -0.440 e. The maximum absolute atomic E-state index is 12.4. The molecule has 1 aliphatic heterocycles. The van der Waals surface area contributed by atoms with Crippen molar-refractivity contribution in [2.45, 2.75) is 13.1 Å². The van der Waals surface area contributed by atoms with Crippen LogP contribution in [0.1, 0.15) is 12.5 Å². The zero-order chi connectivity index (χ0) is 14.0. The van der Waals surface area contributed by atoms with Crippen molar-refractivity contribution >= 4 is 36.8 Å². The largest absolute Gasteiger partial charge is 0.440 e. The van der Waals surface area contributed by atoms with E-state index in [0.29, 0.717) is 17.0 Å². The molecule has 1 aromatic rings. The molecule has 19 heavy (non-hydrogen) atoms. The topological polar surface area (TPSA) is 38.3 Å². The molecule has 0 saturated carbocycles. The molecule has 2 rings (SSSR count). The normalized spacial score (nSPS) is 14.9. The molecule has 0 fully saturated rings. The zero-order valence-electron chi connectivity index (χ0n) is 9.72. The van der Waals surface area contributed by atoms with Crippen LogP contribution in [0, 0.1) is 0 Å². The molecule has 0 aliphatic carbocycles. The summed E-state index contributed by atoms with van der Waals surface area (Å²) in [5.74, 6) is 0.187. The first-order valence-corrected chi connectivity index (χ1v) is 7.33. The smallest absolute Gasteiger partial charge is 0.416 e. The predicted molar refractivity (Wildman–Crippen MR) is 73.9 cm³/mol. The summed E-state index contributed by atoms with van der Waals surface area (Å²) in [6.45, 7) is 1.69. The lowest BCUT2D eigenvalue weighted by atomic mass is 10.2. The number of alkyl halides is 3. The number of carbonyl (C=O) groups excluding carboxylic acids is 1. The third-order valence-corrected chi connectivity index (χ3v) is 4.20. The van der Waals surface area contributed by atoms with Gasteiger partial charge in [0.05, 0.1) is 11.1 Å². The number of nitrogens with one attached hydrogen (secondary N) is 1. The number of hydrogen-bond acceptors (Lipinski definition) is 2. The number of anilines is 1. The second-order valence-corrected chi connectivity index (χ2v) is 5.35. The fourth-order valence-corrected chi connectivity index (χ4v) is 3.12. The van der Waals surface area contributed by atoms with Crippen molar-refractivity contribution < 1.29 is 21.0 Å². The summed E-state index contributed by atoms with van der Waals surface area (Å²) in [7, 11) is 0. The first-order chi connectivity index (χ1) is 8.88. The van der Waals surface area contributed by atoms with Crippen molar-refractivity contribution in [2.75, 3.05) is 5.32 Å². The number of amides is 1. The molecule has 7 heteroatoms. The van der Waals surface area contributed by atoms with Gasteiger partial charge in [-0.2, -0.15) is 13.2 Å². The molecule has 0 bridgehead atoms. The van der Waals surface area contributed by atoms with Crippen molar-refractivity contribution in [3.05, 3.63) is 41.2 Å². The number of benzene rings is 1. The van der Waals surface area contributed by atoms with Gasteiger partial charge < -0.3 is 8.38 Å². The number of allylic oxidation sites excluding steroid dienone is 1. The molecule has 1 aliphatic rings. The van der Waals surface area contributed by atoms with Crippen molar-refractivity contribution in [3.63, 3.8) is 0 Å². The Hall–Kier alpha value is -1.38. The van der Waals surface area contributed by atoms with E-state index in [1.807, 2.05) is 0 Å². The number of rotatable bonds is 2. The Labute approximate surface area is 117 Å². The van der Waals surface area contributed by atoms with Gasteiger partial charge in [0, 0.05) is 9.70 Å². The van der Waals surface area contributed by atoms with Crippen molar-refractivity contribution in [1.29, 1.82) is 0 Å². The van der Waals surface area contributed by atoms with Gasteiger partial charge >= 0.3 is 6.18 Å². The van der Waals surface area contributed by atoms with E-state index in [4.69, 9.17) is 3.07 Å². The summed E-state index contributed by atoms with van der Waals surface area (Å²) in [4.78, 5) is 11.8. The Morgan fingerprint density at radius 3 is 2.37 bits per heavy atom. The maximum atomic E-state index is 12.4. The molecule has 0 spiro atoms. The van der Waals surface area contributed by atoms with Crippen LogP contribution in [0.4, 0.5) is 18.9 Å². The highest BCUT2D eigenvalue weighted by atomic mass is 127. The SMILES string of the molecule is CC1=C(C(=O)Nc2ccc(C(F)(F)F)cc2)C=IO1. The summed E-state index contributed by atoms with van der Waals surface area (Å²) < 4.78 is 44.0. The standard InChI is InChI=1S/C12H9F3INO2/c1-7-10(6-16-19-7)11(18)17-9-4-2-8(3-5-9)12(13,14)15/h2-6H,1H3,(H,17,18). The first kappa shape index (κ1) is 14.0. The zero-order valence-corrected chi connectivity index (χ0v) is 11.9. The summed E-state index contributed by atoms with van der Waals surface area (Å²) in [5.41, 5.74) is 0.0204. The third-order valence-electron chi connectivity index (χ3n) is 2.41. The fraction of sp³-hybridized carbons (Fsp3) is 0.167. The second-order valence-electron chi connectivity index (χ2n) is 3.77. The Morgan fingerprint density at radius 2 is 1.89 bits per heavy atom. The van der Waals surface area contributed by atoms with Crippen LogP contribution in [0.5, 0.6) is 0 Å². The number of halogens is 4. The molecular formula is C12H9F3INO2. The first-order valence-electron chi connectivity index (χ1n) is 5.21. The maximum Gasteiger partial charge on any atom is 0.416 e. The van der Waals surface area contributed by atoms with E-state index in [1.54, 1.807) is 10.9 Å². The van der Waals surface area contributed by atoms with Crippen LogP contribution in [0.15, 0.2) is 35.6 Å². The van der Waals surface area contributed by atoms with E-state index >= 15 is 0 Å². The minimum absolute atomic E-state index is 0.316. The highest BCUT2D eigenvalue weighted by molar-refractivity contribution is 14.2. The van der Waals surface area contributed by atoms with Crippen molar-refractivity contribution in [2.24, 2.45) is 0 Å². The molecule has 1 aromatic carbocycles. The molecule has 1 amide bonds. The number of hydrogen-bond donors (Lipinski definition) is 1. The molecule has 3 nitrogen and oxygen atoms in total. The third kappa shape index (κ3) is 3.34. The van der Waals surface area contributed by atoms with Gasteiger partial charge in [0.15, 0.2) is 0 Å². The highest BCUT2D eigenvalue weighted by Crippen LogP contribution is 2.30. The lowest BCUT2D eigenvalue weighted by Crippen LogP contribution is -2.15. The van der Waals surface area contributed by atoms with Crippen LogP contribution in [0.3, 0.4) is 0 Å². The monoisotopic (exact) mass is 383 g/mol. The van der Waals surface area contributed by atoms with E-state index in [1.165, 1.54) is 12.1 Å². The average Bonchev–Trinajstić information content (AvgIpc) is 2.75. The van der Waals surface area contributed by atoms with Crippen LogP contribution >= 0.6 is 21.1 Å². The van der Waals surface area contributed by atoms with Crippen LogP contribution in [-0.4, -0.2) is 9.92 Å². The lowest BCUT2D eigenvalue weighted by Gasteiger charge is -2.08. The van der Waals surface area contributed by atoms with E-state index in [2.05, 4.69) is 5.32 Å². The Bertz CT molecular complexity index is 561. The Morgan fingerprint density at radius 1 is 1.26 bits per heavy atom. The molecule has 1 heterocycles.